The minimum Gasteiger partial charge on any atom is -0.472 e. The van der Waals surface area contributed by atoms with E-state index in [1.807, 2.05) is 16.3 Å². The quantitative estimate of drug-likeness (QED) is 0.909. The number of carbonyl (C=O) groups is 1. The van der Waals surface area contributed by atoms with E-state index in [-0.39, 0.29) is 36.8 Å². The summed E-state index contributed by atoms with van der Waals surface area (Å²) in [6.45, 7) is 3.43. The minimum atomic E-state index is -0.000514. The molecular formula is C14H19Cl2N3O2S. The van der Waals surface area contributed by atoms with Gasteiger partial charge in [0.1, 0.15) is 17.0 Å². The molecule has 2 N–H and O–H groups in total. The fourth-order valence-electron chi connectivity index (χ4n) is 2.63. The summed E-state index contributed by atoms with van der Waals surface area (Å²) in [4.78, 5) is 18.8. The van der Waals surface area contributed by atoms with Gasteiger partial charge in [-0.15, -0.1) is 36.2 Å². The summed E-state index contributed by atoms with van der Waals surface area (Å²) in [6, 6.07) is 2.07. The summed E-state index contributed by atoms with van der Waals surface area (Å²) in [6.07, 6.45) is 4.21. The average Bonchev–Trinajstić information content (AvgIpc) is 3.17. The van der Waals surface area contributed by atoms with Crippen molar-refractivity contribution in [3.8, 4) is 10.6 Å². The van der Waals surface area contributed by atoms with Crippen molar-refractivity contribution >= 4 is 42.1 Å². The Bertz CT molecular complexity index is 603. The van der Waals surface area contributed by atoms with Crippen molar-refractivity contribution in [1.82, 2.24) is 9.88 Å². The SMILES string of the molecule is CC1CC(CN)CN1C(=O)c1csc(-c2ccoc2)n1.Cl.Cl. The molecule has 1 amide bonds. The number of nitrogens with zero attached hydrogens (tertiary/aromatic N) is 2. The zero-order chi connectivity index (χ0) is 14.1. The molecule has 2 unspecified atom stereocenters. The van der Waals surface area contributed by atoms with E-state index < -0.39 is 0 Å². The predicted octanol–water partition coefficient (Wildman–Crippen LogP) is 3.06. The fraction of sp³-hybridized carbons (Fsp3) is 0.429. The van der Waals surface area contributed by atoms with Crippen LogP contribution in [-0.4, -0.2) is 34.9 Å². The summed E-state index contributed by atoms with van der Waals surface area (Å²) in [5.74, 6) is 0.403. The second kappa shape index (κ2) is 7.97. The van der Waals surface area contributed by atoms with Crippen LogP contribution in [0.25, 0.3) is 10.6 Å². The van der Waals surface area contributed by atoms with Gasteiger partial charge in [-0.25, -0.2) is 4.98 Å². The lowest BCUT2D eigenvalue weighted by Gasteiger charge is -2.20. The zero-order valence-electron chi connectivity index (χ0n) is 12.1. The molecule has 2 aromatic heterocycles. The van der Waals surface area contributed by atoms with Crippen LogP contribution in [0.2, 0.25) is 0 Å². The van der Waals surface area contributed by atoms with Gasteiger partial charge < -0.3 is 15.1 Å². The second-order valence-electron chi connectivity index (χ2n) is 5.19. The molecule has 0 aliphatic carbocycles. The molecule has 1 saturated heterocycles. The Balaban J connectivity index is 0.00000121. The largest absolute Gasteiger partial charge is 0.472 e. The molecule has 22 heavy (non-hydrogen) atoms. The Morgan fingerprint density at radius 3 is 2.91 bits per heavy atom. The van der Waals surface area contributed by atoms with Crippen molar-refractivity contribution in [2.75, 3.05) is 13.1 Å². The third-order valence-corrected chi connectivity index (χ3v) is 4.64. The smallest absolute Gasteiger partial charge is 0.273 e. The molecule has 0 aromatic carbocycles. The van der Waals surface area contributed by atoms with Gasteiger partial charge in [-0.1, -0.05) is 0 Å². The summed E-state index contributed by atoms with van der Waals surface area (Å²) in [5.41, 5.74) is 7.12. The number of hydrogen-bond acceptors (Lipinski definition) is 5. The molecule has 8 heteroatoms. The van der Waals surface area contributed by atoms with E-state index in [1.54, 1.807) is 12.5 Å². The highest BCUT2D eigenvalue weighted by Gasteiger charge is 2.33. The molecular weight excluding hydrogens is 345 g/mol. The first-order valence-electron chi connectivity index (χ1n) is 6.68. The fourth-order valence-corrected chi connectivity index (χ4v) is 3.41. The molecule has 1 fully saturated rings. The van der Waals surface area contributed by atoms with Crippen LogP contribution in [0.1, 0.15) is 23.8 Å². The van der Waals surface area contributed by atoms with Crippen molar-refractivity contribution < 1.29 is 9.21 Å². The van der Waals surface area contributed by atoms with Crippen LogP contribution in [0, 0.1) is 5.92 Å². The number of carbonyl (C=O) groups excluding carboxylic acids is 1. The molecule has 2 atom stereocenters. The van der Waals surface area contributed by atoms with E-state index in [2.05, 4.69) is 11.9 Å². The third-order valence-electron chi connectivity index (χ3n) is 3.75. The molecule has 0 radical (unpaired) electrons. The van der Waals surface area contributed by atoms with E-state index in [0.717, 1.165) is 23.5 Å². The molecule has 0 spiro atoms. The van der Waals surface area contributed by atoms with Crippen LogP contribution in [0.3, 0.4) is 0 Å². The van der Waals surface area contributed by atoms with E-state index >= 15 is 0 Å². The third kappa shape index (κ3) is 3.63. The molecule has 5 nitrogen and oxygen atoms in total. The standard InChI is InChI=1S/C14H17N3O2S.2ClH/c1-9-4-10(5-15)6-17(9)14(18)12-8-20-13(16-12)11-2-3-19-7-11;;/h2-3,7-10H,4-6,15H2,1H3;2*1H. The summed E-state index contributed by atoms with van der Waals surface area (Å²) in [5, 5.41) is 2.62. The van der Waals surface area contributed by atoms with Crippen LogP contribution in [-0.2, 0) is 0 Å². The maximum Gasteiger partial charge on any atom is 0.273 e. The lowest BCUT2D eigenvalue weighted by molar-refractivity contribution is 0.0738. The summed E-state index contributed by atoms with van der Waals surface area (Å²) >= 11 is 1.46. The van der Waals surface area contributed by atoms with Crippen molar-refractivity contribution in [3.63, 3.8) is 0 Å². The van der Waals surface area contributed by atoms with Crippen LogP contribution in [0.5, 0.6) is 0 Å². The van der Waals surface area contributed by atoms with Crippen LogP contribution in [0.15, 0.2) is 28.4 Å². The number of aromatic nitrogens is 1. The van der Waals surface area contributed by atoms with E-state index in [1.165, 1.54) is 11.3 Å². The number of halogens is 2. The van der Waals surface area contributed by atoms with Crippen molar-refractivity contribution in [2.45, 2.75) is 19.4 Å². The lowest BCUT2D eigenvalue weighted by Crippen LogP contribution is -2.34. The molecule has 1 aliphatic heterocycles. The van der Waals surface area contributed by atoms with Crippen LogP contribution < -0.4 is 5.73 Å². The molecule has 2 aromatic rings. The first-order valence-corrected chi connectivity index (χ1v) is 7.56. The molecule has 3 rings (SSSR count). The highest BCUT2D eigenvalue weighted by molar-refractivity contribution is 7.13. The number of likely N-dealkylation sites (tertiary alicyclic amines) is 1. The second-order valence-corrected chi connectivity index (χ2v) is 6.05. The van der Waals surface area contributed by atoms with E-state index in [4.69, 9.17) is 10.2 Å². The Hall–Kier alpha value is -1.08. The first kappa shape index (κ1) is 19.0. The van der Waals surface area contributed by atoms with Crippen molar-refractivity contribution in [1.29, 1.82) is 0 Å². The number of thiazole rings is 1. The van der Waals surface area contributed by atoms with E-state index in [0.29, 0.717) is 18.2 Å². The van der Waals surface area contributed by atoms with Gasteiger partial charge in [-0.05, 0) is 31.9 Å². The topological polar surface area (TPSA) is 72.4 Å². The average molecular weight is 364 g/mol. The Morgan fingerprint density at radius 2 is 2.32 bits per heavy atom. The Labute approximate surface area is 145 Å². The van der Waals surface area contributed by atoms with Gasteiger partial charge in [0.25, 0.3) is 5.91 Å². The monoisotopic (exact) mass is 363 g/mol. The molecule has 1 aliphatic rings. The number of rotatable bonds is 3. The predicted molar refractivity (Wildman–Crippen MR) is 92.0 cm³/mol. The molecule has 0 saturated carbocycles. The van der Waals surface area contributed by atoms with Gasteiger partial charge in [-0.2, -0.15) is 0 Å². The summed E-state index contributed by atoms with van der Waals surface area (Å²) in [7, 11) is 0. The molecule has 0 bridgehead atoms. The minimum absolute atomic E-state index is 0. The molecule has 122 valence electrons. The first-order chi connectivity index (χ1) is 9.69. The number of hydrogen-bond donors (Lipinski definition) is 1. The van der Waals surface area contributed by atoms with Crippen molar-refractivity contribution in [2.24, 2.45) is 11.7 Å². The Morgan fingerprint density at radius 1 is 1.55 bits per heavy atom. The van der Waals surface area contributed by atoms with Gasteiger partial charge >= 0.3 is 0 Å². The van der Waals surface area contributed by atoms with Crippen molar-refractivity contribution in [3.05, 3.63) is 29.7 Å². The number of furan rings is 1. The number of amides is 1. The highest BCUT2D eigenvalue weighted by atomic mass is 35.5. The lowest BCUT2D eigenvalue weighted by atomic mass is 10.1. The Kier molecular flexibility index (Phi) is 6.87. The zero-order valence-corrected chi connectivity index (χ0v) is 14.5. The van der Waals surface area contributed by atoms with Gasteiger partial charge in [0.15, 0.2) is 0 Å². The maximum atomic E-state index is 12.5. The van der Waals surface area contributed by atoms with Gasteiger partial charge in [0.05, 0.1) is 6.26 Å². The van der Waals surface area contributed by atoms with Crippen LogP contribution >= 0.6 is 36.2 Å². The molecule has 3 heterocycles. The van der Waals surface area contributed by atoms with E-state index in [9.17, 15) is 4.79 Å². The van der Waals surface area contributed by atoms with Gasteiger partial charge in [0, 0.05) is 23.5 Å². The number of nitrogens with two attached hydrogens (primary N) is 1. The van der Waals surface area contributed by atoms with Crippen LogP contribution in [0.4, 0.5) is 0 Å². The normalized spacial score (nSPS) is 20.4. The highest BCUT2D eigenvalue weighted by Crippen LogP contribution is 2.27. The van der Waals surface area contributed by atoms with Gasteiger partial charge in [-0.3, -0.25) is 4.79 Å². The van der Waals surface area contributed by atoms with Gasteiger partial charge in [0.2, 0.25) is 0 Å². The maximum absolute atomic E-state index is 12.5. The summed E-state index contributed by atoms with van der Waals surface area (Å²) < 4.78 is 5.04.